The summed E-state index contributed by atoms with van der Waals surface area (Å²) in [5, 5.41) is 9.34. The number of aryl methyl sites for hydroxylation is 1. The summed E-state index contributed by atoms with van der Waals surface area (Å²) in [6.45, 7) is 7.32. The summed E-state index contributed by atoms with van der Waals surface area (Å²) < 4.78 is 2.11. The summed E-state index contributed by atoms with van der Waals surface area (Å²) in [6.07, 6.45) is 4.06. The fraction of sp³-hybridized carbons (Fsp3) is 0.438. The van der Waals surface area contributed by atoms with E-state index >= 15 is 0 Å². The maximum Gasteiger partial charge on any atom is 0.263 e. The van der Waals surface area contributed by atoms with Crippen LogP contribution in [-0.2, 0) is 6.54 Å². The van der Waals surface area contributed by atoms with E-state index in [1.54, 1.807) is 5.51 Å². The van der Waals surface area contributed by atoms with Gasteiger partial charge in [-0.05, 0) is 26.0 Å². The lowest BCUT2D eigenvalue weighted by molar-refractivity contribution is 0.0958. The predicted octanol–water partition coefficient (Wildman–Crippen LogP) is 1.86. The molecule has 0 spiro atoms. The molecule has 0 fully saturated rings. The summed E-state index contributed by atoms with van der Waals surface area (Å²) in [6, 6.07) is 4.01. The molecule has 2 aromatic rings. The van der Waals surface area contributed by atoms with Gasteiger partial charge in [-0.3, -0.25) is 9.79 Å². The number of hydrogen-bond acceptors (Lipinski definition) is 4. The Morgan fingerprint density at radius 2 is 2.00 bits per heavy atom. The van der Waals surface area contributed by atoms with E-state index in [9.17, 15) is 4.79 Å². The molecule has 2 aromatic heterocycles. The maximum atomic E-state index is 12.0. The van der Waals surface area contributed by atoms with Crippen LogP contribution in [0.2, 0.25) is 0 Å². The van der Waals surface area contributed by atoms with Crippen LogP contribution >= 0.6 is 35.3 Å². The number of halogens is 1. The van der Waals surface area contributed by atoms with Crippen LogP contribution in [0, 0.1) is 6.92 Å². The van der Waals surface area contributed by atoms with Gasteiger partial charge < -0.3 is 20.5 Å². The van der Waals surface area contributed by atoms with Gasteiger partial charge in [-0.2, -0.15) is 0 Å². The van der Waals surface area contributed by atoms with E-state index in [1.165, 1.54) is 11.3 Å². The van der Waals surface area contributed by atoms with Crippen molar-refractivity contribution in [3.63, 3.8) is 0 Å². The first-order valence-corrected chi connectivity index (χ1v) is 8.90. The maximum absolute atomic E-state index is 12.0. The van der Waals surface area contributed by atoms with Gasteiger partial charge in [-0.15, -0.1) is 35.3 Å². The largest absolute Gasteiger partial charge is 0.357 e. The molecule has 0 saturated carbocycles. The minimum Gasteiger partial charge on any atom is -0.357 e. The molecule has 0 atom stereocenters. The van der Waals surface area contributed by atoms with Gasteiger partial charge in [-0.25, -0.2) is 4.98 Å². The van der Waals surface area contributed by atoms with Crippen LogP contribution in [0.4, 0.5) is 0 Å². The molecule has 2 heterocycles. The van der Waals surface area contributed by atoms with E-state index < -0.39 is 0 Å². The minimum absolute atomic E-state index is 0. The number of nitrogens with one attached hydrogen (secondary N) is 3. The zero-order valence-electron chi connectivity index (χ0n) is 14.5. The van der Waals surface area contributed by atoms with E-state index in [4.69, 9.17) is 0 Å². The molecule has 0 saturated heterocycles. The Morgan fingerprint density at radius 3 is 2.64 bits per heavy atom. The molecule has 3 N–H and O–H groups in total. The Kier molecular flexibility index (Phi) is 10.2. The van der Waals surface area contributed by atoms with Crippen molar-refractivity contribution in [1.82, 2.24) is 25.5 Å². The van der Waals surface area contributed by atoms with Crippen molar-refractivity contribution in [3.8, 4) is 0 Å². The summed E-state index contributed by atoms with van der Waals surface area (Å²) in [4.78, 5) is 21.2. The Hall–Kier alpha value is -1.62. The van der Waals surface area contributed by atoms with Crippen LogP contribution < -0.4 is 16.0 Å². The molecule has 0 bridgehead atoms. The third-order valence-electron chi connectivity index (χ3n) is 3.29. The summed E-state index contributed by atoms with van der Waals surface area (Å²) >= 11 is 1.35. The first-order chi connectivity index (χ1) is 11.7. The Balaban J connectivity index is 0.00000312. The number of amides is 1. The molecular formula is C16H25IN6OS. The molecule has 0 aliphatic rings. The second-order valence-corrected chi connectivity index (χ2v) is 5.99. The van der Waals surface area contributed by atoms with E-state index in [-0.39, 0.29) is 29.9 Å². The SMILES string of the molecule is CCNC(=NCCNC(=O)c1scnc1C)NCCn1cccc1.I. The summed E-state index contributed by atoms with van der Waals surface area (Å²) in [5.41, 5.74) is 2.45. The zero-order chi connectivity index (χ0) is 17.2. The number of hydrogen-bond donors (Lipinski definition) is 3. The zero-order valence-corrected chi connectivity index (χ0v) is 17.6. The molecule has 2 rings (SSSR count). The van der Waals surface area contributed by atoms with Crippen molar-refractivity contribution < 1.29 is 4.79 Å². The molecule has 1 amide bonds. The summed E-state index contributed by atoms with van der Waals surface area (Å²) in [5.74, 6) is 0.670. The van der Waals surface area contributed by atoms with E-state index in [2.05, 4.69) is 30.5 Å². The second kappa shape index (κ2) is 11.9. The first kappa shape index (κ1) is 21.4. The molecule has 0 aromatic carbocycles. The van der Waals surface area contributed by atoms with Gasteiger partial charge in [0.05, 0.1) is 17.7 Å². The highest BCUT2D eigenvalue weighted by Crippen LogP contribution is 2.11. The van der Waals surface area contributed by atoms with Gasteiger partial charge in [0.25, 0.3) is 5.91 Å². The van der Waals surface area contributed by atoms with Crippen molar-refractivity contribution >= 4 is 47.2 Å². The van der Waals surface area contributed by atoms with Crippen molar-refractivity contribution in [1.29, 1.82) is 0 Å². The topological polar surface area (TPSA) is 83.3 Å². The monoisotopic (exact) mass is 476 g/mol. The van der Waals surface area contributed by atoms with Crippen molar-refractivity contribution in [2.75, 3.05) is 26.2 Å². The number of aromatic nitrogens is 2. The van der Waals surface area contributed by atoms with Crippen LogP contribution in [-0.4, -0.2) is 47.6 Å². The Morgan fingerprint density at radius 1 is 1.24 bits per heavy atom. The van der Waals surface area contributed by atoms with Gasteiger partial charge in [-0.1, -0.05) is 0 Å². The normalized spacial score (nSPS) is 10.9. The Bertz CT molecular complexity index is 655. The number of thiazole rings is 1. The lowest BCUT2D eigenvalue weighted by Crippen LogP contribution is -2.39. The fourth-order valence-corrected chi connectivity index (χ4v) is 2.82. The molecular weight excluding hydrogens is 451 g/mol. The standard InChI is InChI=1S/C16H24N6OS.HI/c1-3-17-16(20-8-11-22-9-4-5-10-22)19-7-6-18-15(23)14-13(2)21-12-24-14;/h4-5,9-10,12H,3,6-8,11H2,1-2H3,(H,18,23)(H2,17,19,20);1H. The number of guanidine groups is 1. The average Bonchev–Trinajstić information content (AvgIpc) is 3.22. The second-order valence-electron chi connectivity index (χ2n) is 5.13. The van der Waals surface area contributed by atoms with E-state index in [0.29, 0.717) is 18.0 Å². The van der Waals surface area contributed by atoms with Gasteiger partial charge in [0.2, 0.25) is 0 Å². The van der Waals surface area contributed by atoms with Crippen molar-refractivity contribution in [2.45, 2.75) is 20.4 Å². The lowest BCUT2D eigenvalue weighted by Gasteiger charge is -2.12. The van der Waals surface area contributed by atoms with E-state index in [0.717, 1.165) is 31.3 Å². The van der Waals surface area contributed by atoms with Gasteiger partial charge in [0.15, 0.2) is 5.96 Å². The van der Waals surface area contributed by atoms with Gasteiger partial charge in [0, 0.05) is 38.6 Å². The number of carbonyl (C=O) groups excluding carboxylic acids is 1. The number of nitrogens with zero attached hydrogens (tertiary/aromatic N) is 3. The third-order valence-corrected chi connectivity index (χ3v) is 4.22. The smallest absolute Gasteiger partial charge is 0.263 e. The highest BCUT2D eigenvalue weighted by molar-refractivity contribution is 14.0. The summed E-state index contributed by atoms with van der Waals surface area (Å²) in [7, 11) is 0. The fourth-order valence-electron chi connectivity index (χ4n) is 2.10. The van der Waals surface area contributed by atoms with Crippen molar-refractivity contribution in [3.05, 3.63) is 40.6 Å². The molecule has 0 aliphatic heterocycles. The van der Waals surface area contributed by atoms with Crippen LogP contribution in [0.1, 0.15) is 22.3 Å². The first-order valence-electron chi connectivity index (χ1n) is 8.02. The molecule has 0 radical (unpaired) electrons. The molecule has 9 heteroatoms. The van der Waals surface area contributed by atoms with Crippen LogP contribution in [0.5, 0.6) is 0 Å². The van der Waals surface area contributed by atoms with E-state index in [1.807, 2.05) is 38.4 Å². The predicted molar refractivity (Wildman–Crippen MR) is 113 cm³/mol. The van der Waals surface area contributed by atoms with Crippen LogP contribution in [0.25, 0.3) is 0 Å². The van der Waals surface area contributed by atoms with Crippen LogP contribution in [0.15, 0.2) is 35.0 Å². The number of rotatable bonds is 8. The Labute approximate surface area is 169 Å². The molecule has 138 valence electrons. The number of carbonyl (C=O) groups is 1. The third kappa shape index (κ3) is 7.43. The lowest BCUT2D eigenvalue weighted by atomic mass is 10.4. The number of aliphatic imine (C=N–C) groups is 1. The minimum atomic E-state index is -0.0873. The molecule has 0 unspecified atom stereocenters. The quantitative estimate of drug-likeness (QED) is 0.235. The molecule has 0 aliphatic carbocycles. The average molecular weight is 476 g/mol. The van der Waals surface area contributed by atoms with Crippen LogP contribution in [0.3, 0.4) is 0 Å². The molecule has 7 nitrogen and oxygen atoms in total. The highest BCUT2D eigenvalue weighted by atomic mass is 127. The van der Waals surface area contributed by atoms with Gasteiger partial charge >= 0.3 is 0 Å². The van der Waals surface area contributed by atoms with Crippen molar-refractivity contribution in [2.24, 2.45) is 4.99 Å². The highest BCUT2D eigenvalue weighted by Gasteiger charge is 2.10. The van der Waals surface area contributed by atoms with Gasteiger partial charge in [0.1, 0.15) is 4.88 Å². The molecule has 25 heavy (non-hydrogen) atoms.